The Hall–Kier alpha value is -1.84. The zero-order valence-corrected chi connectivity index (χ0v) is 11.8. The molecule has 1 aliphatic carbocycles. The Bertz CT molecular complexity index is 640. The fourth-order valence-electron chi connectivity index (χ4n) is 1.91. The first-order chi connectivity index (χ1) is 9.41. The van der Waals surface area contributed by atoms with Crippen LogP contribution in [0.4, 0.5) is 0 Å². The van der Waals surface area contributed by atoms with E-state index in [4.69, 9.17) is 11.6 Å². The summed E-state index contributed by atoms with van der Waals surface area (Å²) in [6, 6.07) is 5.57. The van der Waals surface area contributed by atoms with E-state index >= 15 is 0 Å². The number of amides is 1. The van der Waals surface area contributed by atoms with Gasteiger partial charge in [-0.25, -0.2) is 13.6 Å². The van der Waals surface area contributed by atoms with Crippen molar-refractivity contribution in [2.45, 2.75) is 17.7 Å². The van der Waals surface area contributed by atoms with Crippen LogP contribution in [0, 0.1) is 18.3 Å². The highest BCUT2D eigenvalue weighted by atomic mass is 32.2. The molecule has 1 aliphatic rings. The second kappa shape index (κ2) is 5.65. The number of benzene rings is 1. The third-order valence-electron chi connectivity index (χ3n) is 3.17. The Balaban J connectivity index is 2.16. The van der Waals surface area contributed by atoms with Crippen molar-refractivity contribution in [3.63, 3.8) is 0 Å². The van der Waals surface area contributed by atoms with Gasteiger partial charge in [-0.15, -0.1) is 6.42 Å². The van der Waals surface area contributed by atoms with E-state index in [0.717, 1.165) is 12.8 Å². The van der Waals surface area contributed by atoms with Crippen LogP contribution in [-0.4, -0.2) is 32.3 Å². The van der Waals surface area contributed by atoms with E-state index in [0.29, 0.717) is 18.0 Å². The van der Waals surface area contributed by atoms with Crippen molar-refractivity contribution in [1.29, 1.82) is 0 Å². The highest BCUT2D eigenvalue weighted by Gasteiger charge is 2.27. The van der Waals surface area contributed by atoms with Crippen LogP contribution in [-0.2, 0) is 10.0 Å². The third-order valence-corrected chi connectivity index (χ3v) is 4.10. The number of sulfonamides is 1. The van der Waals surface area contributed by atoms with Crippen LogP contribution in [0.15, 0.2) is 29.2 Å². The Labute approximate surface area is 118 Å². The van der Waals surface area contributed by atoms with E-state index in [9.17, 15) is 13.2 Å². The van der Waals surface area contributed by atoms with E-state index in [2.05, 4.69) is 5.92 Å². The molecule has 1 fully saturated rings. The molecule has 0 heterocycles. The average Bonchev–Trinajstić information content (AvgIpc) is 3.20. The van der Waals surface area contributed by atoms with E-state index in [1.54, 1.807) is 4.90 Å². The van der Waals surface area contributed by atoms with E-state index in [-0.39, 0.29) is 17.3 Å². The molecule has 106 valence electrons. The fourth-order valence-corrected chi connectivity index (χ4v) is 2.43. The van der Waals surface area contributed by atoms with Crippen LogP contribution in [0.5, 0.6) is 0 Å². The summed E-state index contributed by atoms with van der Waals surface area (Å²) < 4.78 is 22.3. The van der Waals surface area contributed by atoms with E-state index < -0.39 is 10.0 Å². The number of nitrogens with zero attached hydrogens (tertiary/aromatic N) is 1. The molecule has 0 aliphatic heterocycles. The molecule has 2 N–H and O–H groups in total. The first-order valence-electron chi connectivity index (χ1n) is 6.27. The summed E-state index contributed by atoms with van der Waals surface area (Å²) in [5.41, 5.74) is 0.410. The molecule has 0 unspecified atom stereocenters. The van der Waals surface area contributed by atoms with Gasteiger partial charge < -0.3 is 4.90 Å². The first-order valence-corrected chi connectivity index (χ1v) is 7.82. The zero-order chi connectivity index (χ0) is 14.8. The molecule has 0 atom stereocenters. The quantitative estimate of drug-likeness (QED) is 0.816. The minimum Gasteiger partial charge on any atom is -0.327 e. The molecule has 0 aromatic heterocycles. The van der Waals surface area contributed by atoms with Crippen molar-refractivity contribution in [2.75, 3.05) is 13.1 Å². The Kier molecular flexibility index (Phi) is 4.12. The molecule has 0 spiro atoms. The number of nitrogens with two attached hydrogens (primary N) is 1. The third kappa shape index (κ3) is 3.59. The van der Waals surface area contributed by atoms with Crippen LogP contribution in [0.2, 0.25) is 0 Å². The summed E-state index contributed by atoms with van der Waals surface area (Å²) in [7, 11) is -3.74. The summed E-state index contributed by atoms with van der Waals surface area (Å²) in [6.07, 6.45) is 7.53. The van der Waals surface area contributed by atoms with Gasteiger partial charge in [0, 0.05) is 12.1 Å². The number of primary sulfonamides is 1. The Morgan fingerprint density at radius 3 is 2.40 bits per heavy atom. The SMILES string of the molecule is C#CCN(CC1CC1)C(=O)c1ccc(S(N)(=O)=O)cc1. The van der Waals surface area contributed by atoms with Crippen LogP contribution in [0.3, 0.4) is 0 Å². The van der Waals surface area contributed by atoms with Crippen molar-refractivity contribution in [2.24, 2.45) is 11.1 Å². The Morgan fingerprint density at radius 2 is 1.95 bits per heavy atom. The fraction of sp³-hybridized carbons (Fsp3) is 0.357. The first kappa shape index (κ1) is 14.6. The van der Waals surface area contributed by atoms with Gasteiger partial charge in [0.2, 0.25) is 10.0 Å². The number of rotatable bonds is 5. The topological polar surface area (TPSA) is 80.5 Å². The Morgan fingerprint density at radius 1 is 1.35 bits per heavy atom. The molecular formula is C14H16N2O3S. The molecule has 1 amide bonds. The number of terminal acetylenes is 1. The largest absolute Gasteiger partial charge is 0.327 e. The van der Waals surface area contributed by atoms with Gasteiger partial charge in [-0.3, -0.25) is 4.79 Å². The molecule has 0 bridgehead atoms. The lowest BCUT2D eigenvalue weighted by Crippen LogP contribution is -2.33. The lowest BCUT2D eigenvalue weighted by Gasteiger charge is -2.20. The van der Waals surface area contributed by atoms with Gasteiger partial charge in [0.25, 0.3) is 5.91 Å². The number of carbonyl (C=O) groups is 1. The van der Waals surface area contributed by atoms with Crippen molar-refractivity contribution < 1.29 is 13.2 Å². The second-order valence-corrected chi connectivity index (χ2v) is 6.46. The molecule has 1 saturated carbocycles. The van der Waals surface area contributed by atoms with Gasteiger partial charge in [-0.1, -0.05) is 5.92 Å². The van der Waals surface area contributed by atoms with Gasteiger partial charge in [0.05, 0.1) is 11.4 Å². The maximum atomic E-state index is 12.3. The van der Waals surface area contributed by atoms with E-state index in [1.807, 2.05) is 0 Å². The van der Waals surface area contributed by atoms with Crippen LogP contribution in [0.1, 0.15) is 23.2 Å². The second-order valence-electron chi connectivity index (χ2n) is 4.90. The maximum absolute atomic E-state index is 12.3. The van der Waals surface area contributed by atoms with Crippen molar-refractivity contribution in [1.82, 2.24) is 4.90 Å². The monoisotopic (exact) mass is 292 g/mol. The number of carbonyl (C=O) groups excluding carboxylic acids is 1. The maximum Gasteiger partial charge on any atom is 0.254 e. The normalized spacial score (nSPS) is 14.6. The van der Waals surface area contributed by atoms with Crippen molar-refractivity contribution in [3.8, 4) is 12.3 Å². The standard InChI is InChI=1S/C14H16N2O3S/c1-2-9-16(10-11-3-4-11)14(17)12-5-7-13(8-6-12)20(15,18)19/h1,5-8,11H,3-4,9-10H2,(H2,15,18,19). The van der Waals surface area contributed by atoms with Gasteiger partial charge in [-0.05, 0) is 43.0 Å². The van der Waals surface area contributed by atoms with Gasteiger partial charge in [0.1, 0.15) is 0 Å². The van der Waals surface area contributed by atoms with Crippen molar-refractivity contribution in [3.05, 3.63) is 29.8 Å². The summed E-state index contributed by atoms with van der Waals surface area (Å²) in [6.45, 7) is 0.909. The zero-order valence-electron chi connectivity index (χ0n) is 11.0. The predicted molar refractivity (Wildman–Crippen MR) is 75.3 cm³/mol. The van der Waals surface area contributed by atoms with Crippen molar-refractivity contribution >= 4 is 15.9 Å². The smallest absolute Gasteiger partial charge is 0.254 e. The molecule has 5 nitrogen and oxygen atoms in total. The lowest BCUT2D eigenvalue weighted by molar-refractivity contribution is 0.0769. The molecule has 6 heteroatoms. The summed E-state index contributed by atoms with van der Waals surface area (Å²) in [5.74, 6) is 2.83. The molecule has 0 radical (unpaired) electrons. The molecule has 2 rings (SSSR count). The number of hydrogen-bond acceptors (Lipinski definition) is 3. The van der Waals surface area contributed by atoms with E-state index in [1.165, 1.54) is 24.3 Å². The summed E-state index contributed by atoms with van der Waals surface area (Å²) >= 11 is 0. The lowest BCUT2D eigenvalue weighted by atomic mass is 10.2. The minimum absolute atomic E-state index is 0.0141. The number of hydrogen-bond donors (Lipinski definition) is 1. The summed E-state index contributed by atoms with van der Waals surface area (Å²) in [5, 5.41) is 5.01. The van der Waals surface area contributed by atoms with Crippen LogP contribution < -0.4 is 5.14 Å². The average molecular weight is 292 g/mol. The van der Waals surface area contributed by atoms with Gasteiger partial charge >= 0.3 is 0 Å². The molecule has 0 saturated heterocycles. The van der Waals surface area contributed by atoms with Crippen LogP contribution >= 0.6 is 0 Å². The molecule has 20 heavy (non-hydrogen) atoms. The molecule has 1 aromatic rings. The minimum atomic E-state index is -3.74. The predicted octanol–water partition coefficient (Wildman–Crippen LogP) is 0.819. The van der Waals surface area contributed by atoms with Gasteiger partial charge in [-0.2, -0.15) is 0 Å². The van der Waals surface area contributed by atoms with Crippen LogP contribution in [0.25, 0.3) is 0 Å². The summed E-state index contributed by atoms with van der Waals surface area (Å²) in [4.78, 5) is 13.9. The highest BCUT2D eigenvalue weighted by Crippen LogP contribution is 2.30. The molecular weight excluding hydrogens is 276 g/mol. The highest BCUT2D eigenvalue weighted by molar-refractivity contribution is 7.89. The molecule has 1 aromatic carbocycles. The van der Waals surface area contributed by atoms with Gasteiger partial charge in [0.15, 0.2) is 0 Å².